The van der Waals surface area contributed by atoms with Crippen LogP contribution in [0, 0.1) is 20.8 Å². The highest BCUT2D eigenvalue weighted by atomic mass is 16.6. The van der Waals surface area contributed by atoms with Gasteiger partial charge in [-0.2, -0.15) is 4.57 Å². The molecule has 0 fully saturated rings. The normalized spacial score (nSPS) is 11.3. The smallest absolute Gasteiger partial charge is 0.347 e. The number of aromatic nitrogens is 1. The SMILES string of the molecule is COC(=O)C(OCC[n+]1c(C)cc(C)cc1C)(c1ccccc1)c1ccccc1. The number of hydrogen-bond acceptors (Lipinski definition) is 3. The number of nitrogens with zero attached hydrogens (tertiary/aromatic N) is 1. The zero-order chi connectivity index (χ0) is 20.9. The molecule has 0 N–H and O–H groups in total. The summed E-state index contributed by atoms with van der Waals surface area (Å²) in [5.74, 6) is -0.433. The fourth-order valence-electron chi connectivity index (χ4n) is 3.89. The van der Waals surface area contributed by atoms with Crippen LogP contribution >= 0.6 is 0 Å². The number of esters is 1. The average molecular weight is 391 g/mol. The summed E-state index contributed by atoms with van der Waals surface area (Å²) in [5, 5.41) is 0. The van der Waals surface area contributed by atoms with E-state index in [0.717, 1.165) is 22.5 Å². The molecule has 150 valence electrons. The van der Waals surface area contributed by atoms with Gasteiger partial charge in [0.1, 0.15) is 6.61 Å². The number of hydrogen-bond donors (Lipinski definition) is 0. The Morgan fingerprint density at radius 2 is 1.34 bits per heavy atom. The highest BCUT2D eigenvalue weighted by Gasteiger charge is 2.45. The molecule has 1 heterocycles. The molecule has 29 heavy (non-hydrogen) atoms. The van der Waals surface area contributed by atoms with Crippen LogP contribution in [-0.4, -0.2) is 19.7 Å². The molecule has 3 rings (SSSR count). The molecule has 0 bridgehead atoms. The molecule has 0 aliphatic rings. The lowest BCUT2D eigenvalue weighted by molar-refractivity contribution is -0.710. The van der Waals surface area contributed by atoms with E-state index in [0.29, 0.717) is 13.2 Å². The summed E-state index contributed by atoms with van der Waals surface area (Å²) < 4.78 is 13.8. The van der Waals surface area contributed by atoms with Gasteiger partial charge < -0.3 is 9.47 Å². The van der Waals surface area contributed by atoms with E-state index >= 15 is 0 Å². The van der Waals surface area contributed by atoms with Crippen LogP contribution in [-0.2, 0) is 26.4 Å². The quantitative estimate of drug-likeness (QED) is 0.452. The number of pyridine rings is 1. The first-order valence-corrected chi connectivity index (χ1v) is 9.80. The van der Waals surface area contributed by atoms with Crippen molar-refractivity contribution in [2.75, 3.05) is 13.7 Å². The molecular formula is C25H28NO3+. The van der Waals surface area contributed by atoms with Crippen molar-refractivity contribution in [3.63, 3.8) is 0 Å². The lowest BCUT2D eigenvalue weighted by Crippen LogP contribution is -2.46. The average Bonchev–Trinajstić information content (AvgIpc) is 2.73. The topological polar surface area (TPSA) is 39.4 Å². The Morgan fingerprint density at radius 1 is 0.862 bits per heavy atom. The summed E-state index contributed by atoms with van der Waals surface area (Å²) in [6, 6.07) is 23.4. The first-order valence-electron chi connectivity index (χ1n) is 9.80. The van der Waals surface area contributed by atoms with Gasteiger partial charge in [-0.05, 0) is 23.6 Å². The molecule has 3 aromatic rings. The largest absolute Gasteiger partial charge is 0.466 e. The van der Waals surface area contributed by atoms with Gasteiger partial charge in [-0.1, -0.05) is 60.7 Å². The number of carbonyl (C=O) groups excluding carboxylic acids is 1. The molecule has 0 aliphatic heterocycles. The van der Waals surface area contributed by atoms with Gasteiger partial charge in [0.2, 0.25) is 5.60 Å². The molecule has 4 heteroatoms. The van der Waals surface area contributed by atoms with Crippen molar-refractivity contribution in [3.05, 3.63) is 101 Å². The van der Waals surface area contributed by atoms with Crippen LogP contribution in [0.1, 0.15) is 28.1 Å². The molecule has 4 nitrogen and oxygen atoms in total. The van der Waals surface area contributed by atoms with Crippen molar-refractivity contribution in [1.29, 1.82) is 0 Å². The maximum Gasteiger partial charge on any atom is 0.347 e. The van der Waals surface area contributed by atoms with Gasteiger partial charge in [0.25, 0.3) is 0 Å². The van der Waals surface area contributed by atoms with Crippen LogP contribution in [0.3, 0.4) is 0 Å². The number of methoxy groups -OCH3 is 1. The summed E-state index contributed by atoms with van der Waals surface area (Å²) >= 11 is 0. The van der Waals surface area contributed by atoms with E-state index in [4.69, 9.17) is 9.47 Å². The van der Waals surface area contributed by atoms with E-state index in [9.17, 15) is 4.79 Å². The van der Waals surface area contributed by atoms with Crippen LogP contribution in [0.15, 0.2) is 72.8 Å². The fourth-order valence-corrected chi connectivity index (χ4v) is 3.89. The molecule has 0 radical (unpaired) electrons. The van der Waals surface area contributed by atoms with Crippen molar-refractivity contribution in [2.45, 2.75) is 32.9 Å². The van der Waals surface area contributed by atoms with E-state index in [1.54, 1.807) is 0 Å². The second-order valence-electron chi connectivity index (χ2n) is 7.22. The third kappa shape index (κ3) is 4.22. The lowest BCUT2D eigenvalue weighted by atomic mass is 9.86. The Morgan fingerprint density at radius 3 is 1.79 bits per heavy atom. The van der Waals surface area contributed by atoms with Crippen LogP contribution in [0.2, 0.25) is 0 Å². The molecule has 2 aromatic carbocycles. The number of benzene rings is 2. The van der Waals surface area contributed by atoms with E-state index in [2.05, 4.69) is 37.5 Å². The molecule has 1 aromatic heterocycles. The fraction of sp³-hybridized carbons (Fsp3) is 0.280. The van der Waals surface area contributed by atoms with Gasteiger partial charge in [-0.25, -0.2) is 4.79 Å². The Balaban J connectivity index is 1.99. The summed E-state index contributed by atoms with van der Waals surface area (Å²) in [7, 11) is 1.40. The van der Waals surface area contributed by atoms with E-state index in [1.165, 1.54) is 12.7 Å². The third-order valence-electron chi connectivity index (χ3n) is 5.19. The maximum atomic E-state index is 13.1. The molecule has 0 aliphatic carbocycles. The second kappa shape index (κ2) is 9.01. The Hall–Kier alpha value is -2.98. The second-order valence-corrected chi connectivity index (χ2v) is 7.22. The van der Waals surface area contributed by atoms with Gasteiger partial charge in [0, 0.05) is 26.0 Å². The van der Waals surface area contributed by atoms with Gasteiger partial charge in [-0.15, -0.1) is 0 Å². The first kappa shape index (κ1) is 20.7. The summed E-state index contributed by atoms with van der Waals surface area (Å²) in [4.78, 5) is 13.1. The number of aryl methyl sites for hydroxylation is 3. The molecule has 0 amide bonds. The molecule has 0 spiro atoms. The summed E-state index contributed by atoms with van der Waals surface area (Å²) in [6.07, 6.45) is 0. The van der Waals surface area contributed by atoms with Gasteiger partial charge >= 0.3 is 5.97 Å². The molecule has 0 saturated carbocycles. The molecule has 0 unspecified atom stereocenters. The van der Waals surface area contributed by atoms with Crippen LogP contribution in [0.25, 0.3) is 0 Å². The van der Waals surface area contributed by atoms with Crippen molar-refractivity contribution >= 4 is 5.97 Å². The molecular weight excluding hydrogens is 362 g/mol. The first-order chi connectivity index (χ1) is 14.0. The highest BCUT2D eigenvalue weighted by Crippen LogP contribution is 2.35. The number of ether oxygens (including phenoxy) is 2. The van der Waals surface area contributed by atoms with E-state index in [-0.39, 0.29) is 0 Å². The Labute approximate surface area is 172 Å². The van der Waals surface area contributed by atoms with Crippen molar-refractivity contribution in [3.8, 4) is 0 Å². The van der Waals surface area contributed by atoms with Crippen LogP contribution in [0.4, 0.5) is 0 Å². The number of carbonyl (C=O) groups is 1. The van der Waals surface area contributed by atoms with Gasteiger partial charge in [-0.3, -0.25) is 0 Å². The summed E-state index contributed by atoms with van der Waals surface area (Å²) in [5.41, 5.74) is 3.74. The standard InChI is InChI=1S/C25H28NO3/c1-19-17-20(2)26(21(3)18-19)15-16-29-25(24(27)28-4,22-11-7-5-8-12-22)23-13-9-6-10-14-23/h5-14,17-18H,15-16H2,1-4H3/q+1. The lowest BCUT2D eigenvalue weighted by Gasteiger charge is -2.31. The highest BCUT2D eigenvalue weighted by molar-refractivity contribution is 5.85. The van der Waals surface area contributed by atoms with Gasteiger partial charge in [0.05, 0.1) is 7.11 Å². The van der Waals surface area contributed by atoms with Crippen LogP contribution in [0.5, 0.6) is 0 Å². The predicted molar refractivity (Wildman–Crippen MR) is 112 cm³/mol. The molecule has 0 saturated heterocycles. The zero-order valence-electron chi connectivity index (χ0n) is 17.5. The van der Waals surface area contributed by atoms with Crippen LogP contribution < -0.4 is 4.57 Å². The predicted octanol–water partition coefficient (Wildman–Crippen LogP) is 4.03. The van der Waals surface area contributed by atoms with E-state index in [1.807, 2.05) is 60.7 Å². The Bertz CT molecular complexity index is 905. The molecule has 0 atom stereocenters. The maximum absolute atomic E-state index is 13.1. The van der Waals surface area contributed by atoms with Gasteiger partial charge in [0.15, 0.2) is 17.9 Å². The monoisotopic (exact) mass is 390 g/mol. The Kier molecular flexibility index (Phi) is 6.45. The van der Waals surface area contributed by atoms with Crippen molar-refractivity contribution < 1.29 is 18.8 Å². The third-order valence-corrected chi connectivity index (χ3v) is 5.19. The zero-order valence-corrected chi connectivity index (χ0v) is 17.5. The minimum atomic E-state index is -1.32. The van der Waals surface area contributed by atoms with Crippen molar-refractivity contribution in [1.82, 2.24) is 0 Å². The number of rotatable bonds is 7. The summed E-state index contributed by atoms with van der Waals surface area (Å²) in [6.45, 7) is 7.25. The van der Waals surface area contributed by atoms with Crippen molar-refractivity contribution in [2.24, 2.45) is 0 Å². The minimum absolute atomic E-state index is 0.355. The van der Waals surface area contributed by atoms with E-state index < -0.39 is 11.6 Å². The minimum Gasteiger partial charge on any atom is -0.466 e.